The summed E-state index contributed by atoms with van der Waals surface area (Å²) >= 11 is 0.857. The van der Waals surface area contributed by atoms with Gasteiger partial charge in [-0.25, -0.2) is 4.79 Å². The molecule has 1 aromatic rings. The Morgan fingerprint density at radius 3 is 2.58 bits per heavy atom. The number of carboxylic acids is 2. The fourth-order valence-electron chi connectivity index (χ4n) is 1.38. The largest absolute Gasteiger partial charge is 0.481 e. The molecule has 0 spiro atoms. The predicted octanol–water partition coefficient (Wildman–Crippen LogP) is 0.148. The summed E-state index contributed by atoms with van der Waals surface area (Å²) in [5.74, 6) is -3.36. The summed E-state index contributed by atoms with van der Waals surface area (Å²) in [5.41, 5.74) is 0.490. The molecule has 1 heterocycles. The number of carbonyl (C=O) groups excluding carboxylic acids is 1. The first-order valence-corrected chi connectivity index (χ1v) is 6.29. The van der Waals surface area contributed by atoms with Crippen LogP contribution in [-0.4, -0.2) is 43.7 Å². The summed E-state index contributed by atoms with van der Waals surface area (Å²) in [7, 11) is 0. The van der Waals surface area contributed by atoms with Crippen molar-refractivity contribution < 1.29 is 24.6 Å². The highest BCUT2D eigenvalue weighted by Crippen LogP contribution is 2.12. The van der Waals surface area contributed by atoms with Gasteiger partial charge in [-0.05, 0) is 18.0 Å². The van der Waals surface area contributed by atoms with Gasteiger partial charge in [-0.1, -0.05) is 17.8 Å². The topological polar surface area (TPSA) is 129 Å². The van der Waals surface area contributed by atoms with Gasteiger partial charge in [-0.3, -0.25) is 9.59 Å². The summed E-state index contributed by atoms with van der Waals surface area (Å²) in [5, 5.41) is 23.4. The number of hydrogen-bond acceptors (Lipinski definition) is 6. The predicted molar refractivity (Wildman–Crippen MR) is 65.0 cm³/mol. The first-order chi connectivity index (χ1) is 8.95. The van der Waals surface area contributed by atoms with Crippen molar-refractivity contribution in [2.45, 2.75) is 32.2 Å². The van der Waals surface area contributed by atoms with Crippen LogP contribution >= 0.6 is 11.5 Å². The lowest BCUT2D eigenvalue weighted by Gasteiger charge is -2.11. The van der Waals surface area contributed by atoms with Crippen molar-refractivity contribution >= 4 is 29.4 Å². The summed E-state index contributed by atoms with van der Waals surface area (Å²) < 4.78 is 3.64. The quantitative estimate of drug-likeness (QED) is 0.650. The van der Waals surface area contributed by atoms with Gasteiger partial charge < -0.3 is 15.5 Å². The maximum atomic E-state index is 11.9. The zero-order valence-electron chi connectivity index (χ0n) is 10.1. The van der Waals surface area contributed by atoms with Gasteiger partial charge in [0.25, 0.3) is 5.91 Å². The number of aryl methyl sites for hydroxylation is 1. The van der Waals surface area contributed by atoms with Gasteiger partial charge >= 0.3 is 11.9 Å². The third kappa shape index (κ3) is 4.28. The second-order valence-electron chi connectivity index (χ2n) is 3.76. The minimum absolute atomic E-state index is 0.221. The van der Waals surface area contributed by atoms with E-state index in [0.29, 0.717) is 12.1 Å². The first kappa shape index (κ1) is 15.0. The number of carboxylic acid groups (broad SMARTS) is 2. The Hall–Kier alpha value is -2.03. The van der Waals surface area contributed by atoms with E-state index in [2.05, 4.69) is 14.9 Å². The zero-order chi connectivity index (χ0) is 14.4. The van der Waals surface area contributed by atoms with Crippen molar-refractivity contribution in [2.24, 2.45) is 0 Å². The van der Waals surface area contributed by atoms with E-state index in [1.54, 1.807) is 0 Å². The first-order valence-electron chi connectivity index (χ1n) is 5.52. The normalized spacial score (nSPS) is 11.8. The van der Waals surface area contributed by atoms with Crippen LogP contribution in [0.3, 0.4) is 0 Å². The molecule has 0 aromatic carbocycles. The molecule has 3 N–H and O–H groups in total. The molecule has 0 unspecified atom stereocenters. The monoisotopic (exact) mass is 287 g/mol. The molecule has 0 radical (unpaired) electrons. The third-order valence-electron chi connectivity index (χ3n) is 2.23. The van der Waals surface area contributed by atoms with E-state index >= 15 is 0 Å². The highest BCUT2D eigenvalue weighted by Gasteiger charge is 2.25. The number of nitrogens with one attached hydrogen (secondary N) is 1. The number of rotatable bonds is 7. The lowest BCUT2D eigenvalue weighted by molar-refractivity contribution is -0.145. The smallest absolute Gasteiger partial charge is 0.326 e. The molecule has 19 heavy (non-hydrogen) atoms. The summed E-state index contributed by atoms with van der Waals surface area (Å²) in [6.07, 6.45) is 0.634. The Morgan fingerprint density at radius 1 is 1.37 bits per heavy atom. The number of aromatic nitrogens is 2. The lowest BCUT2D eigenvalue weighted by atomic mass is 10.2. The van der Waals surface area contributed by atoms with E-state index in [1.165, 1.54) is 0 Å². The van der Waals surface area contributed by atoms with Crippen molar-refractivity contribution in [1.82, 2.24) is 14.9 Å². The second-order valence-corrected chi connectivity index (χ2v) is 4.52. The number of nitrogens with zero attached hydrogens (tertiary/aromatic N) is 2. The Balaban J connectivity index is 2.78. The number of carbonyl (C=O) groups is 3. The van der Waals surface area contributed by atoms with Crippen LogP contribution in [0, 0.1) is 0 Å². The third-order valence-corrected chi connectivity index (χ3v) is 3.00. The molecular weight excluding hydrogens is 274 g/mol. The van der Waals surface area contributed by atoms with Crippen LogP contribution in [0.4, 0.5) is 0 Å². The van der Waals surface area contributed by atoms with Crippen molar-refractivity contribution in [3.8, 4) is 0 Å². The van der Waals surface area contributed by atoms with Crippen LogP contribution in [-0.2, 0) is 16.0 Å². The highest BCUT2D eigenvalue weighted by atomic mass is 32.1. The van der Waals surface area contributed by atoms with Crippen molar-refractivity contribution in [3.05, 3.63) is 10.6 Å². The van der Waals surface area contributed by atoms with E-state index in [4.69, 9.17) is 10.2 Å². The molecule has 0 fully saturated rings. The molecule has 104 valence electrons. The number of hydrogen-bond donors (Lipinski definition) is 3. The molecule has 0 saturated heterocycles. The van der Waals surface area contributed by atoms with Crippen LogP contribution in [0.5, 0.6) is 0 Å². The Morgan fingerprint density at radius 2 is 2.05 bits per heavy atom. The molecule has 1 rings (SSSR count). The van der Waals surface area contributed by atoms with Gasteiger partial charge in [-0.15, -0.1) is 5.10 Å². The summed E-state index contributed by atoms with van der Waals surface area (Å²) in [6, 6.07) is -1.47. The molecule has 0 bridgehead atoms. The maximum Gasteiger partial charge on any atom is 0.326 e. The molecular formula is C10H13N3O5S. The lowest BCUT2D eigenvalue weighted by Crippen LogP contribution is -2.42. The summed E-state index contributed by atoms with van der Waals surface area (Å²) in [4.78, 5) is 33.4. The molecule has 0 aliphatic carbocycles. The van der Waals surface area contributed by atoms with Crippen molar-refractivity contribution in [1.29, 1.82) is 0 Å². The van der Waals surface area contributed by atoms with E-state index in [1.807, 2.05) is 6.92 Å². The molecule has 1 amide bonds. The van der Waals surface area contributed by atoms with Crippen LogP contribution in [0.2, 0.25) is 0 Å². The minimum Gasteiger partial charge on any atom is -0.481 e. The van der Waals surface area contributed by atoms with E-state index in [-0.39, 0.29) is 4.88 Å². The van der Waals surface area contributed by atoms with Gasteiger partial charge in [-0.2, -0.15) is 0 Å². The van der Waals surface area contributed by atoms with Gasteiger partial charge in [0.05, 0.1) is 12.1 Å². The van der Waals surface area contributed by atoms with Crippen LogP contribution in [0.15, 0.2) is 0 Å². The van der Waals surface area contributed by atoms with Crippen LogP contribution in [0.1, 0.15) is 35.1 Å². The Labute approximate surface area is 112 Å². The summed E-state index contributed by atoms with van der Waals surface area (Å²) in [6.45, 7) is 1.91. The van der Waals surface area contributed by atoms with Crippen molar-refractivity contribution in [3.63, 3.8) is 0 Å². The maximum absolute atomic E-state index is 11.9. The number of aliphatic carboxylic acids is 2. The molecule has 0 aliphatic heterocycles. The SMILES string of the molecule is CCCc1nnsc1C(=O)N[C@@H](CC(=O)O)C(=O)O. The average Bonchev–Trinajstić information content (AvgIpc) is 2.76. The zero-order valence-corrected chi connectivity index (χ0v) is 10.9. The fourth-order valence-corrected chi connectivity index (χ4v) is 1.99. The van der Waals surface area contributed by atoms with Crippen LogP contribution in [0.25, 0.3) is 0 Å². The van der Waals surface area contributed by atoms with Crippen molar-refractivity contribution in [2.75, 3.05) is 0 Å². The second kappa shape index (κ2) is 6.78. The number of amides is 1. The highest BCUT2D eigenvalue weighted by molar-refractivity contribution is 7.08. The van der Waals surface area contributed by atoms with Gasteiger partial charge in [0.2, 0.25) is 0 Å². The van der Waals surface area contributed by atoms with Gasteiger partial charge in [0, 0.05) is 0 Å². The van der Waals surface area contributed by atoms with E-state index in [0.717, 1.165) is 18.0 Å². The Kier molecular flexibility index (Phi) is 5.37. The van der Waals surface area contributed by atoms with Crippen LogP contribution < -0.4 is 5.32 Å². The average molecular weight is 287 g/mol. The minimum atomic E-state index is -1.47. The molecule has 0 aliphatic rings. The molecule has 1 aromatic heterocycles. The standard InChI is InChI=1S/C10H13N3O5S/c1-2-3-5-8(19-13-12-5)9(16)11-6(10(17)18)4-7(14)15/h6H,2-4H2,1H3,(H,11,16)(H,14,15)(H,17,18)/t6-/m0/s1. The van der Waals surface area contributed by atoms with E-state index < -0.39 is 30.3 Å². The van der Waals surface area contributed by atoms with Gasteiger partial charge in [0.1, 0.15) is 10.9 Å². The molecule has 1 atom stereocenters. The Bertz CT molecular complexity index is 487. The molecule has 9 heteroatoms. The van der Waals surface area contributed by atoms with E-state index in [9.17, 15) is 14.4 Å². The van der Waals surface area contributed by atoms with Gasteiger partial charge in [0.15, 0.2) is 0 Å². The molecule has 0 saturated carbocycles. The molecule has 8 nitrogen and oxygen atoms in total. The fraction of sp³-hybridized carbons (Fsp3) is 0.500.